The van der Waals surface area contributed by atoms with Gasteiger partial charge in [0.05, 0.1) is 22.7 Å². The van der Waals surface area contributed by atoms with Crippen LogP contribution in [0.1, 0.15) is 66.8 Å². The van der Waals surface area contributed by atoms with Crippen LogP contribution < -0.4 is 0 Å². The Kier molecular flexibility index (Phi) is 14.1. The Labute approximate surface area is 284 Å². The first-order valence-electron chi connectivity index (χ1n) is 15.2. The topological polar surface area (TPSA) is 49.4 Å². The largest absolute Gasteiger partial charge is 0.255 e. The maximum Gasteiger partial charge on any atom is 0.0688 e. The van der Waals surface area contributed by atoms with E-state index in [1.54, 1.807) is 24.9 Å². The van der Waals surface area contributed by atoms with Crippen molar-refractivity contribution in [1.29, 1.82) is 0 Å². The Bertz CT molecular complexity index is 1420. The van der Waals surface area contributed by atoms with Crippen LogP contribution in [0, 0.1) is 83.1 Å². The van der Waals surface area contributed by atoms with Crippen molar-refractivity contribution in [2.75, 3.05) is 0 Å². The number of nitrogens with zero attached hydrogens (tertiary/aromatic N) is 4. The van der Waals surface area contributed by atoms with E-state index in [0.29, 0.717) is 0 Å². The fraction of sp³-hybridized carbons (Fsp3) is 0.300. The standard InChI is InChI=1S/2C20H24N2.Zn/c2*1-13-9-15(3)19(16(4)10-13)21-7-8-22-20-17(5)11-14(2)12-18(20)6;/h2*7-12H,1-6H3;. The van der Waals surface area contributed by atoms with Gasteiger partial charge in [-0.3, -0.25) is 20.0 Å². The summed E-state index contributed by atoms with van der Waals surface area (Å²) in [6.45, 7) is 25.2. The van der Waals surface area contributed by atoms with Crippen molar-refractivity contribution in [3.63, 3.8) is 0 Å². The molecule has 0 saturated heterocycles. The van der Waals surface area contributed by atoms with Gasteiger partial charge in [0.15, 0.2) is 0 Å². The maximum absolute atomic E-state index is 4.56. The molecule has 0 bridgehead atoms. The Morgan fingerprint density at radius 2 is 0.422 bits per heavy atom. The summed E-state index contributed by atoms with van der Waals surface area (Å²) in [5.74, 6) is 0. The Morgan fingerprint density at radius 3 is 0.556 bits per heavy atom. The third kappa shape index (κ3) is 10.6. The van der Waals surface area contributed by atoms with E-state index in [1.165, 1.54) is 66.8 Å². The van der Waals surface area contributed by atoms with Crippen LogP contribution in [0.15, 0.2) is 68.5 Å². The Hall–Kier alpha value is -3.82. The molecule has 0 saturated carbocycles. The molecule has 0 aliphatic heterocycles. The van der Waals surface area contributed by atoms with E-state index in [0.717, 1.165) is 22.7 Å². The molecule has 0 heterocycles. The molecule has 4 nitrogen and oxygen atoms in total. The zero-order chi connectivity index (χ0) is 32.6. The van der Waals surface area contributed by atoms with E-state index < -0.39 is 0 Å². The average Bonchev–Trinajstić information content (AvgIpc) is 2.89. The van der Waals surface area contributed by atoms with E-state index in [1.807, 2.05) is 0 Å². The van der Waals surface area contributed by atoms with Crippen LogP contribution in [0.2, 0.25) is 0 Å². The molecule has 4 aromatic carbocycles. The zero-order valence-corrected chi connectivity index (χ0v) is 32.4. The zero-order valence-electron chi connectivity index (χ0n) is 29.4. The van der Waals surface area contributed by atoms with Crippen molar-refractivity contribution < 1.29 is 19.5 Å². The summed E-state index contributed by atoms with van der Waals surface area (Å²) in [5.41, 5.74) is 18.8. The van der Waals surface area contributed by atoms with Gasteiger partial charge in [0.25, 0.3) is 0 Å². The molecule has 4 aromatic rings. The second kappa shape index (κ2) is 17.0. The van der Waals surface area contributed by atoms with Gasteiger partial charge in [-0.25, -0.2) is 0 Å². The molecular weight excluding hydrogens is 602 g/mol. The van der Waals surface area contributed by atoms with Crippen molar-refractivity contribution in [2.45, 2.75) is 83.1 Å². The normalized spacial score (nSPS) is 11.5. The summed E-state index contributed by atoms with van der Waals surface area (Å²) >= 11 is 0. The molecule has 0 aliphatic carbocycles. The monoisotopic (exact) mass is 648 g/mol. The van der Waals surface area contributed by atoms with E-state index in [9.17, 15) is 0 Å². The molecule has 0 spiro atoms. The molecule has 0 atom stereocenters. The number of hydrogen-bond donors (Lipinski definition) is 0. The van der Waals surface area contributed by atoms with Gasteiger partial charge in [0.1, 0.15) is 0 Å². The predicted molar refractivity (Wildman–Crippen MR) is 195 cm³/mol. The Balaban J connectivity index is 0.000000307. The van der Waals surface area contributed by atoms with Gasteiger partial charge in [-0.2, -0.15) is 0 Å². The van der Waals surface area contributed by atoms with Crippen LogP contribution in [-0.2, 0) is 19.5 Å². The van der Waals surface area contributed by atoms with E-state index in [2.05, 4.69) is 152 Å². The van der Waals surface area contributed by atoms with Gasteiger partial charge < -0.3 is 0 Å². The molecule has 0 aromatic heterocycles. The minimum atomic E-state index is 0. The van der Waals surface area contributed by atoms with Crippen LogP contribution in [0.25, 0.3) is 0 Å². The fourth-order valence-electron chi connectivity index (χ4n) is 5.94. The molecule has 0 fully saturated rings. The minimum absolute atomic E-state index is 0. The van der Waals surface area contributed by atoms with Crippen molar-refractivity contribution in [3.8, 4) is 0 Å². The van der Waals surface area contributed by atoms with Crippen LogP contribution in [-0.4, -0.2) is 24.9 Å². The molecular formula is C40H48N4Zn. The first kappa shape index (κ1) is 37.4. The Morgan fingerprint density at radius 1 is 0.289 bits per heavy atom. The predicted octanol–water partition coefficient (Wildman–Crippen LogP) is 11.3. The number of benzene rings is 4. The SMILES string of the molecule is Cc1cc(C)c(N=CC=Nc2c(C)cc(C)cc2C)c(C)c1.Cc1cc(C)c(N=CC=Nc2c(C)cc(C)cc2C)c(C)c1.[Zn]. The summed E-state index contributed by atoms with van der Waals surface area (Å²) in [6.07, 6.45) is 7.12. The van der Waals surface area contributed by atoms with Gasteiger partial charge in [-0.05, 0) is 128 Å². The molecule has 45 heavy (non-hydrogen) atoms. The number of hydrogen-bond acceptors (Lipinski definition) is 4. The van der Waals surface area contributed by atoms with Gasteiger partial charge in [0, 0.05) is 44.3 Å². The first-order chi connectivity index (χ1) is 20.8. The number of rotatable bonds is 6. The van der Waals surface area contributed by atoms with Gasteiger partial charge in [0.2, 0.25) is 0 Å². The summed E-state index contributed by atoms with van der Waals surface area (Å²) in [6, 6.07) is 17.3. The van der Waals surface area contributed by atoms with Gasteiger partial charge in [-0.1, -0.05) is 70.8 Å². The van der Waals surface area contributed by atoms with Crippen molar-refractivity contribution in [1.82, 2.24) is 0 Å². The average molecular weight is 650 g/mol. The fourth-order valence-corrected chi connectivity index (χ4v) is 5.94. The molecule has 0 aliphatic rings. The van der Waals surface area contributed by atoms with E-state index >= 15 is 0 Å². The quantitative estimate of drug-likeness (QED) is 0.147. The van der Waals surface area contributed by atoms with E-state index in [-0.39, 0.29) is 19.5 Å². The summed E-state index contributed by atoms with van der Waals surface area (Å²) in [7, 11) is 0. The molecule has 0 unspecified atom stereocenters. The molecule has 0 radical (unpaired) electrons. The van der Waals surface area contributed by atoms with Crippen LogP contribution in [0.3, 0.4) is 0 Å². The third-order valence-electron chi connectivity index (χ3n) is 7.49. The summed E-state index contributed by atoms with van der Waals surface area (Å²) in [4.78, 5) is 18.3. The first-order valence-corrected chi connectivity index (χ1v) is 15.2. The van der Waals surface area contributed by atoms with Crippen LogP contribution in [0.4, 0.5) is 22.7 Å². The number of aryl methyl sites for hydroxylation is 12. The summed E-state index contributed by atoms with van der Waals surface area (Å²) in [5, 5.41) is 0. The van der Waals surface area contributed by atoms with Crippen LogP contribution in [0.5, 0.6) is 0 Å². The molecule has 5 heteroatoms. The van der Waals surface area contributed by atoms with E-state index in [4.69, 9.17) is 0 Å². The van der Waals surface area contributed by atoms with Crippen LogP contribution >= 0.6 is 0 Å². The van der Waals surface area contributed by atoms with Crippen molar-refractivity contribution in [2.24, 2.45) is 20.0 Å². The van der Waals surface area contributed by atoms with Gasteiger partial charge >= 0.3 is 0 Å². The molecule has 230 valence electrons. The number of aliphatic imine (C=N–C) groups is 4. The van der Waals surface area contributed by atoms with Crippen molar-refractivity contribution >= 4 is 47.6 Å². The minimum Gasteiger partial charge on any atom is -0.255 e. The smallest absolute Gasteiger partial charge is 0.0688 e. The third-order valence-corrected chi connectivity index (χ3v) is 7.49. The maximum atomic E-state index is 4.56. The van der Waals surface area contributed by atoms with Crippen molar-refractivity contribution in [3.05, 3.63) is 115 Å². The summed E-state index contributed by atoms with van der Waals surface area (Å²) < 4.78 is 0. The second-order valence-electron chi connectivity index (χ2n) is 12.1. The molecule has 0 N–H and O–H groups in total. The second-order valence-corrected chi connectivity index (χ2v) is 12.1. The molecule has 0 amide bonds. The molecule has 4 rings (SSSR count). The van der Waals surface area contributed by atoms with Gasteiger partial charge in [-0.15, -0.1) is 0 Å².